The highest BCUT2D eigenvalue weighted by molar-refractivity contribution is 7.18. The number of aromatic nitrogens is 1. The standard InChI is InChI=1S/C26H28FNO4S/c1-5-20-15(4)33-26-24(20)23(16-6-8-17(27)9-7-16)21(25(28-26)14(2)3)11-10-18(29)12-19(30)13-22(31)32/h6-11,14,18,29H,5,12-13H2,1-4H3,(H,31,32)/b11-10+. The summed E-state index contributed by atoms with van der Waals surface area (Å²) < 4.78 is 13.7. The van der Waals surface area contributed by atoms with E-state index in [1.807, 2.05) is 13.8 Å². The van der Waals surface area contributed by atoms with Gasteiger partial charge in [-0.25, -0.2) is 9.37 Å². The number of pyridine rings is 1. The van der Waals surface area contributed by atoms with Crippen LogP contribution in [0.1, 0.15) is 61.2 Å². The van der Waals surface area contributed by atoms with Gasteiger partial charge >= 0.3 is 5.97 Å². The largest absolute Gasteiger partial charge is 0.481 e. The Morgan fingerprint density at radius 2 is 1.88 bits per heavy atom. The second kappa shape index (κ2) is 10.4. The fourth-order valence-corrected chi connectivity index (χ4v) is 5.16. The molecule has 1 atom stereocenters. The number of nitrogens with zero attached hydrogens (tertiary/aromatic N) is 1. The van der Waals surface area contributed by atoms with Crippen LogP contribution in [0.25, 0.3) is 27.4 Å². The first-order chi connectivity index (χ1) is 15.6. The molecule has 5 nitrogen and oxygen atoms in total. The topological polar surface area (TPSA) is 87.5 Å². The molecule has 7 heteroatoms. The number of carbonyl (C=O) groups excluding carboxylic acids is 1. The molecule has 33 heavy (non-hydrogen) atoms. The van der Waals surface area contributed by atoms with Crippen molar-refractivity contribution >= 4 is 39.4 Å². The molecular formula is C26H28FNO4S. The molecule has 0 aliphatic rings. The van der Waals surface area contributed by atoms with E-state index in [0.717, 1.165) is 39.0 Å². The van der Waals surface area contributed by atoms with Crippen molar-refractivity contribution in [2.24, 2.45) is 0 Å². The fraction of sp³-hybridized carbons (Fsp3) is 0.346. The molecule has 174 valence electrons. The molecule has 1 unspecified atom stereocenters. The number of hydrogen-bond donors (Lipinski definition) is 2. The van der Waals surface area contributed by atoms with E-state index in [1.165, 1.54) is 28.6 Å². The van der Waals surface area contributed by atoms with Crippen LogP contribution in [-0.4, -0.2) is 33.1 Å². The first-order valence-electron chi connectivity index (χ1n) is 10.9. The molecule has 0 saturated heterocycles. The summed E-state index contributed by atoms with van der Waals surface area (Å²) in [5, 5.41) is 20.2. The van der Waals surface area contributed by atoms with E-state index < -0.39 is 24.3 Å². The van der Waals surface area contributed by atoms with Crippen LogP contribution in [-0.2, 0) is 16.0 Å². The Balaban J connectivity index is 2.22. The zero-order valence-corrected chi connectivity index (χ0v) is 20.0. The van der Waals surface area contributed by atoms with Gasteiger partial charge in [0.05, 0.1) is 11.8 Å². The number of aliphatic carboxylic acids is 1. The maximum Gasteiger partial charge on any atom is 0.310 e. The minimum atomic E-state index is -1.22. The Bertz CT molecular complexity index is 1210. The van der Waals surface area contributed by atoms with Gasteiger partial charge in [0.15, 0.2) is 0 Å². The second-order valence-corrected chi connectivity index (χ2v) is 9.56. The van der Waals surface area contributed by atoms with E-state index in [4.69, 9.17) is 10.1 Å². The third kappa shape index (κ3) is 5.54. The van der Waals surface area contributed by atoms with Crippen molar-refractivity contribution in [3.05, 3.63) is 57.9 Å². The monoisotopic (exact) mass is 469 g/mol. The van der Waals surface area contributed by atoms with E-state index in [1.54, 1.807) is 29.5 Å². The number of carboxylic acid groups (broad SMARTS) is 1. The number of aryl methyl sites for hydroxylation is 2. The number of halogens is 1. The molecule has 3 aromatic rings. The van der Waals surface area contributed by atoms with Crippen molar-refractivity contribution in [2.45, 2.75) is 59.0 Å². The molecule has 2 heterocycles. The third-order valence-corrected chi connectivity index (χ3v) is 6.55. The normalized spacial score (nSPS) is 12.7. The van der Waals surface area contributed by atoms with Crippen LogP contribution in [0.3, 0.4) is 0 Å². The molecule has 0 bridgehead atoms. The summed E-state index contributed by atoms with van der Waals surface area (Å²) in [5.41, 5.74) is 4.59. The molecule has 0 amide bonds. The van der Waals surface area contributed by atoms with Gasteiger partial charge in [0.25, 0.3) is 0 Å². The van der Waals surface area contributed by atoms with Crippen molar-refractivity contribution in [3.8, 4) is 11.1 Å². The highest BCUT2D eigenvalue weighted by atomic mass is 32.1. The molecule has 0 fully saturated rings. The number of carbonyl (C=O) groups is 2. The summed E-state index contributed by atoms with van der Waals surface area (Å²) in [6, 6.07) is 6.33. The van der Waals surface area contributed by atoms with E-state index in [-0.39, 0.29) is 18.2 Å². The molecule has 0 aliphatic heterocycles. The lowest BCUT2D eigenvalue weighted by atomic mass is 9.90. The number of hydrogen-bond acceptors (Lipinski definition) is 5. The quantitative estimate of drug-likeness (QED) is 0.381. The van der Waals surface area contributed by atoms with Gasteiger partial charge in [-0.05, 0) is 42.5 Å². The van der Waals surface area contributed by atoms with Crippen LogP contribution in [0.2, 0.25) is 0 Å². The van der Waals surface area contributed by atoms with Crippen LogP contribution >= 0.6 is 11.3 Å². The zero-order chi connectivity index (χ0) is 24.3. The van der Waals surface area contributed by atoms with Gasteiger partial charge in [0.1, 0.15) is 22.9 Å². The number of benzene rings is 1. The van der Waals surface area contributed by atoms with Gasteiger partial charge < -0.3 is 10.2 Å². The highest BCUT2D eigenvalue weighted by Gasteiger charge is 2.22. The fourth-order valence-electron chi connectivity index (χ4n) is 4.03. The molecule has 2 aromatic heterocycles. The zero-order valence-electron chi connectivity index (χ0n) is 19.2. The number of aliphatic hydroxyl groups is 1. The summed E-state index contributed by atoms with van der Waals surface area (Å²) in [4.78, 5) is 29.6. The minimum Gasteiger partial charge on any atom is -0.481 e. The molecule has 0 spiro atoms. The Morgan fingerprint density at radius 3 is 2.45 bits per heavy atom. The third-order valence-electron chi connectivity index (χ3n) is 5.51. The first-order valence-corrected chi connectivity index (χ1v) is 11.8. The molecule has 0 saturated carbocycles. The Morgan fingerprint density at radius 1 is 1.21 bits per heavy atom. The number of aliphatic hydroxyl groups excluding tert-OH is 1. The van der Waals surface area contributed by atoms with Crippen molar-refractivity contribution < 1.29 is 24.2 Å². The Kier molecular flexibility index (Phi) is 7.76. The van der Waals surface area contributed by atoms with Gasteiger partial charge in [-0.1, -0.05) is 45.1 Å². The van der Waals surface area contributed by atoms with Gasteiger partial charge in [-0.2, -0.15) is 0 Å². The van der Waals surface area contributed by atoms with Crippen molar-refractivity contribution in [2.75, 3.05) is 0 Å². The van der Waals surface area contributed by atoms with Gasteiger partial charge in [0.2, 0.25) is 0 Å². The van der Waals surface area contributed by atoms with Crippen molar-refractivity contribution in [3.63, 3.8) is 0 Å². The summed E-state index contributed by atoms with van der Waals surface area (Å²) in [5.74, 6) is -2.01. The number of Topliss-reactive ketones (excluding diaryl/α,β-unsaturated/α-hetero) is 1. The van der Waals surface area contributed by atoms with E-state index >= 15 is 0 Å². The molecule has 3 rings (SSSR count). The Labute approximate surface area is 196 Å². The predicted molar refractivity (Wildman–Crippen MR) is 130 cm³/mol. The first kappa shape index (κ1) is 24.7. The number of thiophene rings is 1. The number of ketones is 1. The van der Waals surface area contributed by atoms with Crippen LogP contribution < -0.4 is 0 Å². The molecule has 2 N–H and O–H groups in total. The number of rotatable bonds is 9. The smallest absolute Gasteiger partial charge is 0.310 e. The second-order valence-electron chi connectivity index (χ2n) is 8.36. The van der Waals surface area contributed by atoms with Crippen LogP contribution in [0.15, 0.2) is 30.3 Å². The van der Waals surface area contributed by atoms with Crippen molar-refractivity contribution in [1.82, 2.24) is 4.98 Å². The SMILES string of the molecule is CCc1c(C)sc2nc(C(C)C)c(/C=C/C(O)CC(=O)CC(=O)O)c(-c3ccc(F)cc3)c12. The Hall–Kier alpha value is -2.90. The predicted octanol–water partition coefficient (Wildman–Crippen LogP) is 5.90. The summed E-state index contributed by atoms with van der Waals surface area (Å²) in [7, 11) is 0. The van der Waals surface area contributed by atoms with Gasteiger partial charge in [-0.15, -0.1) is 11.3 Å². The summed E-state index contributed by atoms with van der Waals surface area (Å²) in [6.07, 6.45) is 2.06. The summed E-state index contributed by atoms with van der Waals surface area (Å²) >= 11 is 1.64. The summed E-state index contributed by atoms with van der Waals surface area (Å²) in [6.45, 7) is 8.23. The molecule has 0 radical (unpaired) electrons. The van der Waals surface area contributed by atoms with E-state index in [2.05, 4.69) is 13.8 Å². The number of carboxylic acids is 1. The molecular weight excluding hydrogens is 441 g/mol. The van der Waals surface area contributed by atoms with E-state index in [0.29, 0.717) is 0 Å². The van der Waals surface area contributed by atoms with Gasteiger partial charge in [0, 0.05) is 27.8 Å². The van der Waals surface area contributed by atoms with Crippen LogP contribution in [0, 0.1) is 12.7 Å². The molecule has 1 aromatic carbocycles. The average Bonchev–Trinajstić information content (AvgIpc) is 3.05. The lowest BCUT2D eigenvalue weighted by Gasteiger charge is -2.17. The highest BCUT2D eigenvalue weighted by Crippen LogP contribution is 2.42. The average molecular weight is 470 g/mol. The van der Waals surface area contributed by atoms with E-state index in [9.17, 15) is 19.1 Å². The lowest BCUT2D eigenvalue weighted by Crippen LogP contribution is -2.14. The lowest BCUT2D eigenvalue weighted by molar-refractivity contribution is -0.140. The van der Waals surface area contributed by atoms with Crippen LogP contribution in [0.5, 0.6) is 0 Å². The minimum absolute atomic E-state index is 0.0755. The van der Waals surface area contributed by atoms with Crippen LogP contribution in [0.4, 0.5) is 4.39 Å². The van der Waals surface area contributed by atoms with Gasteiger partial charge in [-0.3, -0.25) is 9.59 Å². The van der Waals surface area contributed by atoms with Crippen molar-refractivity contribution in [1.29, 1.82) is 0 Å². The maximum absolute atomic E-state index is 13.7. The maximum atomic E-state index is 13.7. The molecule has 0 aliphatic carbocycles. The number of fused-ring (bicyclic) bond motifs is 1.